The van der Waals surface area contributed by atoms with E-state index in [1.807, 2.05) is 0 Å². The Bertz CT molecular complexity index is 241. The van der Waals surface area contributed by atoms with Crippen molar-refractivity contribution in [3.05, 3.63) is 0 Å². The summed E-state index contributed by atoms with van der Waals surface area (Å²) in [5, 5.41) is 2.97. The summed E-state index contributed by atoms with van der Waals surface area (Å²) in [6.45, 7) is -1.20. The van der Waals surface area contributed by atoms with E-state index in [0.717, 1.165) is 17.9 Å². The van der Waals surface area contributed by atoms with Crippen LogP contribution in [0.4, 0.5) is 13.2 Å². The van der Waals surface area contributed by atoms with Crippen LogP contribution in [0, 0.1) is 0 Å². The van der Waals surface area contributed by atoms with Crippen molar-refractivity contribution in [1.82, 2.24) is 10.2 Å². The predicted molar refractivity (Wildman–Crippen MR) is 57.4 cm³/mol. The molecule has 1 saturated heterocycles. The molecule has 1 aliphatic rings. The molecule has 1 aliphatic heterocycles. The number of likely N-dealkylation sites (N-methyl/N-ethyl adjacent to an activating group) is 1. The maximum atomic E-state index is 12.0. The molecule has 1 rings (SSSR count). The van der Waals surface area contributed by atoms with Gasteiger partial charge in [-0.2, -0.15) is 24.9 Å². The molecule has 0 spiro atoms. The van der Waals surface area contributed by atoms with Gasteiger partial charge in [-0.05, 0) is 12.2 Å². The summed E-state index contributed by atoms with van der Waals surface area (Å²) in [7, 11) is 1.17. The van der Waals surface area contributed by atoms with Gasteiger partial charge in [0.05, 0.1) is 6.54 Å². The van der Waals surface area contributed by atoms with Crippen LogP contribution in [0.2, 0.25) is 0 Å². The Kier molecular flexibility index (Phi) is 4.91. The number of halogens is 3. The summed E-state index contributed by atoms with van der Waals surface area (Å²) in [4.78, 5) is 12.0. The number of alkyl halides is 3. The van der Waals surface area contributed by atoms with Crippen LogP contribution in [0.25, 0.3) is 0 Å². The lowest BCUT2D eigenvalue weighted by Crippen LogP contribution is -2.43. The first kappa shape index (κ1) is 13.6. The number of hydrogen-bond acceptors (Lipinski definition) is 3. The van der Waals surface area contributed by atoms with E-state index in [0.29, 0.717) is 4.90 Å². The summed E-state index contributed by atoms with van der Waals surface area (Å²) < 4.78 is 36.0. The van der Waals surface area contributed by atoms with Crippen molar-refractivity contribution >= 4 is 17.7 Å². The largest absolute Gasteiger partial charge is 0.406 e. The maximum Gasteiger partial charge on any atom is 0.406 e. The highest BCUT2D eigenvalue weighted by Crippen LogP contribution is 2.17. The summed E-state index contributed by atoms with van der Waals surface area (Å²) in [5.74, 6) is 1.45. The Labute approximate surface area is 96.7 Å². The molecule has 0 aromatic rings. The molecule has 0 radical (unpaired) electrons. The van der Waals surface area contributed by atoms with Crippen LogP contribution in [-0.2, 0) is 4.79 Å². The maximum absolute atomic E-state index is 12.0. The Hall–Kier alpha value is -0.430. The lowest BCUT2D eigenvalue weighted by Gasteiger charge is -2.20. The molecule has 0 saturated carbocycles. The van der Waals surface area contributed by atoms with Gasteiger partial charge >= 0.3 is 6.18 Å². The van der Waals surface area contributed by atoms with Crippen LogP contribution >= 0.6 is 11.8 Å². The molecule has 1 heterocycles. The van der Waals surface area contributed by atoms with Gasteiger partial charge in [-0.25, -0.2) is 0 Å². The number of nitrogens with one attached hydrogen (secondary N) is 1. The lowest BCUT2D eigenvalue weighted by molar-refractivity contribution is -0.157. The normalized spacial score (nSPS) is 21.1. The molecule has 0 bridgehead atoms. The molecule has 0 aliphatic carbocycles. The second kappa shape index (κ2) is 5.77. The van der Waals surface area contributed by atoms with Gasteiger partial charge < -0.3 is 10.2 Å². The molecule has 3 nitrogen and oxygen atoms in total. The van der Waals surface area contributed by atoms with Crippen LogP contribution < -0.4 is 5.32 Å². The van der Waals surface area contributed by atoms with E-state index in [-0.39, 0.29) is 12.6 Å². The Balaban J connectivity index is 2.23. The average molecular weight is 256 g/mol. The van der Waals surface area contributed by atoms with Crippen molar-refractivity contribution in [1.29, 1.82) is 0 Å². The third-order valence-corrected chi connectivity index (χ3v) is 3.48. The van der Waals surface area contributed by atoms with E-state index in [1.54, 1.807) is 11.8 Å². The summed E-state index contributed by atoms with van der Waals surface area (Å²) >= 11 is 1.78. The van der Waals surface area contributed by atoms with Crippen molar-refractivity contribution in [3.63, 3.8) is 0 Å². The number of hydrogen-bond donors (Lipinski definition) is 1. The Morgan fingerprint density at radius 1 is 1.56 bits per heavy atom. The molecule has 0 aromatic heterocycles. The molecule has 7 heteroatoms. The minimum absolute atomic E-state index is 0.0161. The number of carbonyl (C=O) groups excluding carboxylic acids is 1. The second-order valence-corrected chi connectivity index (χ2v) is 4.96. The molecule has 16 heavy (non-hydrogen) atoms. The standard InChI is InChI=1S/C9H15F3N2OS/c1-14(6-9(10,11)12)8(15)4-13-7-2-3-16-5-7/h7,13H,2-6H2,1H3. The Morgan fingerprint density at radius 2 is 2.25 bits per heavy atom. The van der Waals surface area contributed by atoms with Gasteiger partial charge in [-0.15, -0.1) is 0 Å². The van der Waals surface area contributed by atoms with E-state index >= 15 is 0 Å². The third-order valence-electron chi connectivity index (χ3n) is 2.31. The molecular weight excluding hydrogens is 241 g/mol. The number of amides is 1. The van der Waals surface area contributed by atoms with Crippen molar-refractivity contribution in [3.8, 4) is 0 Å². The molecule has 1 amide bonds. The molecule has 1 fully saturated rings. The minimum Gasteiger partial charge on any atom is -0.336 e. The van der Waals surface area contributed by atoms with Crippen LogP contribution in [0.15, 0.2) is 0 Å². The SMILES string of the molecule is CN(CC(F)(F)F)C(=O)CNC1CCSC1. The third kappa shape index (κ3) is 5.07. The van der Waals surface area contributed by atoms with Crippen molar-refractivity contribution in [2.24, 2.45) is 0 Å². The first-order valence-electron chi connectivity index (χ1n) is 5.00. The fourth-order valence-electron chi connectivity index (χ4n) is 1.42. The van der Waals surface area contributed by atoms with Crippen molar-refractivity contribution in [2.75, 3.05) is 31.6 Å². The van der Waals surface area contributed by atoms with E-state index < -0.39 is 18.6 Å². The van der Waals surface area contributed by atoms with E-state index in [2.05, 4.69) is 5.32 Å². The van der Waals surface area contributed by atoms with E-state index in [4.69, 9.17) is 0 Å². The van der Waals surface area contributed by atoms with Crippen molar-refractivity contribution in [2.45, 2.75) is 18.6 Å². The first-order chi connectivity index (χ1) is 7.38. The number of thioether (sulfide) groups is 1. The minimum atomic E-state index is -4.33. The van der Waals surface area contributed by atoms with Crippen LogP contribution in [0.5, 0.6) is 0 Å². The van der Waals surface area contributed by atoms with Crippen LogP contribution in [0.3, 0.4) is 0 Å². The van der Waals surface area contributed by atoms with Gasteiger partial charge in [0, 0.05) is 18.8 Å². The topological polar surface area (TPSA) is 32.3 Å². The highest BCUT2D eigenvalue weighted by Gasteiger charge is 2.31. The van der Waals surface area contributed by atoms with Gasteiger partial charge in [0.25, 0.3) is 0 Å². The van der Waals surface area contributed by atoms with Gasteiger partial charge in [0.15, 0.2) is 0 Å². The monoisotopic (exact) mass is 256 g/mol. The van der Waals surface area contributed by atoms with E-state index in [1.165, 1.54) is 7.05 Å². The fourth-order valence-corrected chi connectivity index (χ4v) is 2.61. The number of rotatable bonds is 4. The number of nitrogens with zero attached hydrogens (tertiary/aromatic N) is 1. The molecule has 1 N–H and O–H groups in total. The zero-order chi connectivity index (χ0) is 12.2. The smallest absolute Gasteiger partial charge is 0.336 e. The lowest BCUT2D eigenvalue weighted by atomic mass is 10.2. The van der Waals surface area contributed by atoms with Crippen LogP contribution in [-0.4, -0.2) is 54.7 Å². The second-order valence-electron chi connectivity index (χ2n) is 3.81. The molecule has 0 aromatic carbocycles. The first-order valence-corrected chi connectivity index (χ1v) is 6.16. The Morgan fingerprint density at radius 3 is 2.75 bits per heavy atom. The zero-order valence-electron chi connectivity index (χ0n) is 9.01. The molecule has 94 valence electrons. The predicted octanol–water partition coefficient (Wildman–Crippen LogP) is 1.10. The highest BCUT2D eigenvalue weighted by molar-refractivity contribution is 7.99. The fraction of sp³-hybridized carbons (Fsp3) is 0.889. The zero-order valence-corrected chi connectivity index (χ0v) is 9.83. The quantitative estimate of drug-likeness (QED) is 0.817. The summed E-state index contributed by atoms with van der Waals surface area (Å²) in [6.07, 6.45) is -3.35. The van der Waals surface area contributed by atoms with Crippen molar-refractivity contribution < 1.29 is 18.0 Å². The molecule has 1 unspecified atom stereocenters. The molecular formula is C9H15F3N2OS. The van der Waals surface area contributed by atoms with Crippen LogP contribution in [0.1, 0.15) is 6.42 Å². The van der Waals surface area contributed by atoms with E-state index in [9.17, 15) is 18.0 Å². The summed E-state index contributed by atoms with van der Waals surface area (Å²) in [5.41, 5.74) is 0. The summed E-state index contributed by atoms with van der Waals surface area (Å²) in [6, 6.07) is 0.258. The van der Waals surface area contributed by atoms with Gasteiger partial charge in [0.2, 0.25) is 5.91 Å². The average Bonchev–Trinajstić information content (AvgIpc) is 2.63. The van der Waals surface area contributed by atoms with Gasteiger partial charge in [0.1, 0.15) is 6.54 Å². The van der Waals surface area contributed by atoms with Gasteiger partial charge in [-0.3, -0.25) is 4.79 Å². The number of carbonyl (C=O) groups is 1. The highest BCUT2D eigenvalue weighted by atomic mass is 32.2. The molecule has 1 atom stereocenters. The van der Waals surface area contributed by atoms with Gasteiger partial charge in [-0.1, -0.05) is 0 Å².